The molecule has 3 nitrogen and oxygen atoms in total. The summed E-state index contributed by atoms with van der Waals surface area (Å²) in [5.74, 6) is 0. The summed E-state index contributed by atoms with van der Waals surface area (Å²) in [5.41, 5.74) is 0. The summed E-state index contributed by atoms with van der Waals surface area (Å²) >= 11 is 0. The van der Waals surface area contributed by atoms with E-state index >= 15 is 0 Å². The maximum atomic E-state index is 5.45. The Hall–Kier alpha value is -0.120. The lowest BCUT2D eigenvalue weighted by atomic mass is 10.1. The minimum absolute atomic E-state index is 0.0632. The van der Waals surface area contributed by atoms with Gasteiger partial charge in [0.05, 0.1) is 6.61 Å². The van der Waals surface area contributed by atoms with Crippen molar-refractivity contribution in [1.29, 1.82) is 0 Å². The zero-order chi connectivity index (χ0) is 9.68. The van der Waals surface area contributed by atoms with E-state index in [-0.39, 0.29) is 6.29 Å². The Morgan fingerprint density at radius 3 is 2.85 bits per heavy atom. The highest BCUT2D eigenvalue weighted by Crippen LogP contribution is 2.17. The molecule has 0 saturated carbocycles. The van der Waals surface area contributed by atoms with Crippen molar-refractivity contribution in [3.63, 3.8) is 0 Å². The van der Waals surface area contributed by atoms with Crippen molar-refractivity contribution < 1.29 is 9.47 Å². The maximum Gasteiger partial charge on any atom is 0.154 e. The zero-order valence-electron chi connectivity index (χ0n) is 8.95. The summed E-state index contributed by atoms with van der Waals surface area (Å²) in [6.45, 7) is 3.98. The van der Waals surface area contributed by atoms with Gasteiger partial charge in [0.1, 0.15) is 0 Å². The van der Waals surface area contributed by atoms with E-state index in [1.807, 2.05) is 6.92 Å². The Labute approximate surface area is 81.0 Å². The largest absolute Gasteiger partial charge is 0.356 e. The second-order valence-corrected chi connectivity index (χ2v) is 3.74. The van der Waals surface area contributed by atoms with E-state index in [0.29, 0.717) is 0 Å². The van der Waals surface area contributed by atoms with Crippen molar-refractivity contribution >= 4 is 0 Å². The van der Waals surface area contributed by atoms with Crippen molar-refractivity contribution in [2.24, 2.45) is 0 Å². The Balaban J connectivity index is 2.05. The molecule has 1 aliphatic rings. The van der Waals surface area contributed by atoms with Gasteiger partial charge in [-0.05, 0) is 39.8 Å². The van der Waals surface area contributed by atoms with E-state index in [1.54, 1.807) is 7.11 Å². The van der Waals surface area contributed by atoms with Crippen LogP contribution in [-0.4, -0.2) is 44.5 Å². The fraction of sp³-hybridized carbons (Fsp3) is 1.00. The number of hydrogen-bond donors (Lipinski definition) is 0. The first kappa shape index (κ1) is 11.0. The molecule has 0 spiro atoms. The lowest BCUT2D eigenvalue weighted by Crippen LogP contribution is -2.26. The molecule has 0 amide bonds. The van der Waals surface area contributed by atoms with Crippen LogP contribution in [0.5, 0.6) is 0 Å². The fourth-order valence-corrected chi connectivity index (χ4v) is 1.78. The molecule has 1 saturated heterocycles. The molecule has 1 aliphatic heterocycles. The van der Waals surface area contributed by atoms with Gasteiger partial charge in [-0.1, -0.05) is 0 Å². The van der Waals surface area contributed by atoms with Crippen LogP contribution in [0.25, 0.3) is 0 Å². The first-order valence-electron chi connectivity index (χ1n) is 5.08. The van der Waals surface area contributed by atoms with Crippen LogP contribution in [0.4, 0.5) is 0 Å². The number of hydrogen-bond acceptors (Lipinski definition) is 3. The topological polar surface area (TPSA) is 21.7 Å². The van der Waals surface area contributed by atoms with Crippen molar-refractivity contribution in [2.75, 3.05) is 27.3 Å². The quantitative estimate of drug-likeness (QED) is 0.608. The van der Waals surface area contributed by atoms with Gasteiger partial charge in [-0.2, -0.15) is 0 Å². The Kier molecular flexibility index (Phi) is 4.70. The fourth-order valence-electron chi connectivity index (χ4n) is 1.78. The average molecular weight is 187 g/mol. The molecule has 2 unspecified atom stereocenters. The van der Waals surface area contributed by atoms with Crippen LogP contribution in [0.2, 0.25) is 0 Å². The molecule has 0 aromatic heterocycles. The number of methoxy groups -OCH3 is 1. The summed E-state index contributed by atoms with van der Waals surface area (Å²) in [6.07, 6.45) is 3.72. The molecule has 0 N–H and O–H groups in total. The number of nitrogens with zero attached hydrogens (tertiary/aromatic N) is 1. The lowest BCUT2D eigenvalue weighted by Gasteiger charge is -2.20. The highest BCUT2D eigenvalue weighted by molar-refractivity contribution is 4.75. The van der Waals surface area contributed by atoms with Gasteiger partial charge in [0, 0.05) is 13.2 Å². The highest BCUT2D eigenvalue weighted by Gasteiger charge is 2.20. The first-order chi connectivity index (χ1) is 6.24. The van der Waals surface area contributed by atoms with Crippen LogP contribution in [0.1, 0.15) is 26.2 Å². The summed E-state index contributed by atoms with van der Waals surface area (Å²) < 4.78 is 10.5. The number of likely N-dealkylation sites (tertiary alicyclic amines) is 1. The smallest absolute Gasteiger partial charge is 0.154 e. The molecule has 0 aliphatic carbocycles. The molecule has 1 rings (SSSR count). The monoisotopic (exact) mass is 187 g/mol. The van der Waals surface area contributed by atoms with Crippen LogP contribution < -0.4 is 0 Å². The molecule has 0 radical (unpaired) electrons. The highest BCUT2D eigenvalue weighted by atomic mass is 16.7. The second-order valence-electron chi connectivity index (χ2n) is 3.74. The Morgan fingerprint density at radius 1 is 1.54 bits per heavy atom. The zero-order valence-corrected chi connectivity index (χ0v) is 8.95. The molecular formula is C10H21NO2. The van der Waals surface area contributed by atoms with Crippen molar-refractivity contribution in [2.45, 2.75) is 38.5 Å². The SMILES string of the molecule is COC(C)OCCC1CCCN1C. The van der Waals surface area contributed by atoms with E-state index < -0.39 is 0 Å². The summed E-state index contributed by atoms with van der Waals surface area (Å²) in [4.78, 5) is 2.42. The molecule has 1 fully saturated rings. The van der Waals surface area contributed by atoms with Gasteiger partial charge in [-0.15, -0.1) is 0 Å². The van der Waals surface area contributed by atoms with Gasteiger partial charge >= 0.3 is 0 Å². The predicted octanol–water partition coefficient (Wildman–Crippen LogP) is 1.48. The minimum Gasteiger partial charge on any atom is -0.356 e. The maximum absolute atomic E-state index is 5.45. The van der Waals surface area contributed by atoms with E-state index in [4.69, 9.17) is 9.47 Å². The molecule has 13 heavy (non-hydrogen) atoms. The van der Waals surface area contributed by atoms with Gasteiger partial charge in [0.2, 0.25) is 0 Å². The Morgan fingerprint density at radius 2 is 2.31 bits per heavy atom. The van der Waals surface area contributed by atoms with E-state index in [2.05, 4.69) is 11.9 Å². The standard InChI is InChI=1S/C10H21NO2/c1-9(12-3)13-8-6-10-5-4-7-11(10)2/h9-10H,4-8H2,1-3H3. The van der Waals surface area contributed by atoms with E-state index in [0.717, 1.165) is 19.1 Å². The minimum atomic E-state index is -0.0632. The first-order valence-corrected chi connectivity index (χ1v) is 5.08. The van der Waals surface area contributed by atoms with Crippen molar-refractivity contribution in [3.8, 4) is 0 Å². The molecule has 78 valence electrons. The van der Waals surface area contributed by atoms with Crippen LogP contribution in [-0.2, 0) is 9.47 Å². The number of ether oxygens (including phenoxy) is 2. The van der Waals surface area contributed by atoms with Gasteiger partial charge in [0.25, 0.3) is 0 Å². The lowest BCUT2D eigenvalue weighted by molar-refractivity contribution is -0.113. The predicted molar refractivity (Wildman–Crippen MR) is 52.7 cm³/mol. The second kappa shape index (κ2) is 5.58. The number of rotatable bonds is 5. The molecule has 0 aromatic carbocycles. The Bertz CT molecular complexity index is 141. The third kappa shape index (κ3) is 3.63. The average Bonchev–Trinajstić information content (AvgIpc) is 2.52. The van der Waals surface area contributed by atoms with Crippen LogP contribution in [0.3, 0.4) is 0 Å². The van der Waals surface area contributed by atoms with Crippen molar-refractivity contribution in [3.05, 3.63) is 0 Å². The molecule has 0 aromatic rings. The van der Waals surface area contributed by atoms with Gasteiger partial charge < -0.3 is 14.4 Å². The summed E-state index contributed by atoms with van der Waals surface area (Å²) in [7, 11) is 3.86. The van der Waals surface area contributed by atoms with E-state index in [1.165, 1.54) is 19.4 Å². The molecular weight excluding hydrogens is 166 g/mol. The van der Waals surface area contributed by atoms with Crippen LogP contribution >= 0.6 is 0 Å². The normalized spacial score (nSPS) is 26.5. The van der Waals surface area contributed by atoms with Gasteiger partial charge in [-0.25, -0.2) is 0 Å². The van der Waals surface area contributed by atoms with Crippen LogP contribution in [0, 0.1) is 0 Å². The van der Waals surface area contributed by atoms with Gasteiger partial charge in [-0.3, -0.25) is 0 Å². The summed E-state index contributed by atoms with van der Waals surface area (Å²) in [5, 5.41) is 0. The third-order valence-corrected chi connectivity index (χ3v) is 2.81. The van der Waals surface area contributed by atoms with E-state index in [9.17, 15) is 0 Å². The van der Waals surface area contributed by atoms with Gasteiger partial charge in [0.15, 0.2) is 6.29 Å². The van der Waals surface area contributed by atoms with Crippen LogP contribution in [0.15, 0.2) is 0 Å². The molecule has 0 bridgehead atoms. The molecule has 1 heterocycles. The van der Waals surface area contributed by atoms with Crippen molar-refractivity contribution in [1.82, 2.24) is 4.90 Å². The summed E-state index contributed by atoms with van der Waals surface area (Å²) in [6, 6.07) is 0.726. The molecule has 3 heteroatoms. The third-order valence-electron chi connectivity index (χ3n) is 2.81. The molecule has 2 atom stereocenters.